The number of rotatable bonds is 6. The smallest absolute Gasteiger partial charge is 0.120 e. The Bertz CT molecular complexity index is 523. The molecule has 0 N–H and O–H groups in total. The highest BCUT2D eigenvalue weighted by molar-refractivity contribution is 5.50. The van der Waals surface area contributed by atoms with Crippen LogP contribution < -0.4 is 0 Å². The Morgan fingerprint density at radius 3 is 2.03 bits per heavy atom. The summed E-state index contributed by atoms with van der Waals surface area (Å²) in [7, 11) is 0. The van der Waals surface area contributed by atoms with Crippen LogP contribution in [0, 0.1) is 45.8 Å². The van der Waals surface area contributed by atoms with Crippen LogP contribution in [0.15, 0.2) is 0 Å². The molecule has 0 aromatic carbocycles. The molecule has 1 heteroatoms. The minimum atomic E-state index is 0.401. The van der Waals surface area contributed by atoms with Gasteiger partial charge in [-0.25, -0.2) is 0 Å². The summed E-state index contributed by atoms with van der Waals surface area (Å²) in [5, 5.41) is 0. The van der Waals surface area contributed by atoms with E-state index < -0.39 is 0 Å². The quantitative estimate of drug-likeness (QED) is 0.380. The molecule has 184 valence electrons. The van der Waals surface area contributed by atoms with Gasteiger partial charge in [-0.15, -0.1) is 0 Å². The minimum Gasteiger partial charge on any atom is -0.303 e. The molecule has 1 nitrogen and oxygen atoms in total. The zero-order valence-corrected chi connectivity index (χ0v) is 23.2. The van der Waals surface area contributed by atoms with Crippen molar-refractivity contribution in [2.24, 2.45) is 45.8 Å². The van der Waals surface area contributed by atoms with Gasteiger partial charge >= 0.3 is 0 Å². The van der Waals surface area contributed by atoms with Gasteiger partial charge in [0.2, 0.25) is 0 Å². The molecule has 0 bridgehead atoms. The lowest BCUT2D eigenvalue weighted by Gasteiger charge is -2.60. The van der Waals surface area contributed by atoms with Gasteiger partial charge in [0.05, 0.1) is 0 Å². The monoisotopic (exact) mass is 434 g/mol. The zero-order chi connectivity index (χ0) is 23.9. The standard InChI is InChI=1S/C25H44O.C3H8.C2H6/c1-7-15-24(5)18(14-17-26)9-10-19-20-11-12-22(23(3,4)8-2)25(20,6)16-13-21(19)24;1-3-2;1-2/h17-22H,7-16H2,1-6H3;3H2,1-2H3;1-2H3. The summed E-state index contributed by atoms with van der Waals surface area (Å²) in [5.41, 5.74) is 1.45. The van der Waals surface area contributed by atoms with Crippen LogP contribution in [0.3, 0.4) is 0 Å². The van der Waals surface area contributed by atoms with Crippen molar-refractivity contribution in [2.75, 3.05) is 0 Å². The van der Waals surface area contributed by atoms with Crippen molar-refractivity contribution in [1.29, 1.82) is 0 Å². The SMILES string of the molecule is CC.CCC.CCCC1(C)C(CC=O)CCC2C1CCC1(C)C2CCC1C(C)(C)CC. The van der Waals surface area contributed by atoms with E-state index in [9.17, 15) is 4.79 Å². The third-order valence-corrected chi connectivity index (χ3v) is 10.1. The molecule has 7 atom stereocenters. The molecule has 3 saturated carbocycles. The van der Waals surface area contributed by atoms with Crippen molar-refractivity contribution in [3.63, 3.8) is 0 Å². The molecule has 0 saturated heterocycles. The lowest BCUT2D eigenvalue weighted by atomic mass is 9.45. The van der Waals surface area contributed by atoms with Crippen molar-refractivity contribution in [2.45, 2.75) is 140 Å². The van der Waals surface area contributed by atoms with Gasteiger partial charge in [-0.3, -0.25) is 0 Å². The summed E-state index contributed by atoms with van der Waals surface area (Å²) in [6.07, 6.45) is 15.6. The summed E-state index contributed by atoms with van der Waals surface area (Å²) < 4.78 is 0. The highest BCUT2D eigenvalue weighted by atomic mass is 16.1. The number of hydrogen-bond acceptors (Lipinski definition) is 1. The molecule has 3 aliphatic carbocycles. The van der Waals surface area contributed by atoms with Crippen LogP contribution in [-0.2, 0) is 4.79 Å². The summed E-state index contributed by atoms with van der Waals surface area (Å²) in [5.74, 6) is 4.25. The van der Waals surface area contributed by atoms with Crippen LogP contribution in [0.1, 0.15) is 140 Å². The van der Waals surface area contributed by atoms with Crippen LogP contribution >= 0.6 is 0 Å². The number of aldehydes is 1. The van der Waals surface area contributed by atoms with E-state index in [-0.39, 0.29) is 0 Å². The molecule has 7 unspecified atom stereocenters. The molecule has 3 fully saturated rings. The molecular formula is C30H58O. The second kappa shape index (κ2) is 12.2. The summed E-state index contributed by atoms with van der Waals surface area (Å²) in [6, 6.07) is 0. The fourth-order valence-corrected chi connectivity index (χ4v) is 8.50. The number of fused-ring (bicyclic) bond motifs is 3. The maximum Gasteiger partial charge on any atom is 0.120 e. The molecule has 0 amide bonds. The molecule has 0 radical (unpaired) electrons. The van der Waals surface area contributed by atoms with Gasteiger partial charge < -0.3 is 4.79 Å². The first-order valence-electron chi connectivity index (χ1n) is 14.1. The Morgan fingerprint density at radius 1 is 0.903 bits per heavy atom. The minimum absolute atomic E-state index is 0.401. The van der Waals surface area contributed by atoms with E-state index in [2.05, 4.69) is 55.4 Å². The Kier molecular flexibility index (Phi) is 11.3. The first-order chi connectivity index (χ1) is 14.7. The maximum atomic E-state index is 11.3. The molecule has 3 rings (SSSR count). The van der Waals surface area contributed by atoms with Gasteiger partial charge in [0, 0.05) is 6.42 Å². The molecule has 3 aliphatic rings. The molecular weight excluding hydrogens is 376 g/mol. The molecule has 31 heavy (non-hydrogen) atoms. The predicted octanol–water partition coefficient (Wildman–Crippen LogP) is 9.73. The second-order valence-electron chi connectivity index (χ2n) is 12.0. The Morgan fingerprint density at radius 2 is 1.52 bits per heavy atom. The van der Waals surface area contributed by atoms with Crippen molar-refractivity contribution >= 4 is 6.29 Å². The third-order valence-electron chi connectivity index (χ3n) is 10.1. The van der Waals surface area contributed by atoms with E-state index in [1.165, 1.54) is 70.5 Å². The van der Waals surface area contributed by atoms with E-state index in [1.54, 1.807) is 0 Å². The second-order valence-corrected chi connectivity index (χ2v) is 12.0. The molecule has 0 aromatic rings. The maximum absolute atomic E-state index is 11.3. The molecule has 0 heterocycles. The lowest BCUT2D eigenvalue weighted by molar-refractivity contribution is -0.122. The summed E-state index contributed by atoms with van der Waals surface area (Å²) >= 11 is 0. The van der Waals surface area contributed by atoms with Crippen LogP contribution in [0.25, 0.3) is 0 Å². The fraction of sp³-hybridized carbons (Fsp3) is 0.967. The first-order valence-corrected chi connectivity index (χ1v) is 14.1. The van der Waals surface area contributed by atoms with Crippen LogP contribution in [0.5, 0.6) is 0 Å². The summed E-state index contributed by atoms with van der Waals surface area (Å²) in [6.45, 7) is 23.3. The number of hydrogen-bond donors (Lipinski definition) is 0. The number of carbonyl (C=O) groups excluding carboxylic acids is 1. The van der Waals surface area contributed by atoms with Gasteiger partial charge in [-0.1, -0.05) is 88.5 Å². The van der Waals surface area contributed by atoms with Gasteiger partial charge in [0.25, 0.3) is 0 Å². The third kappa shape index (κ3) is 5.60. The first kappa shape index (κ1) is 28.7. The van der Waals surface area contributed by atoms with Gasteiger partial charge in [-0.2, -0.15) is 0 Å². The van der Waals surface area contributed by atoms with E-state index in [1.807, 2.05) is 13.8 Å². The summed E-state index contributed by atoms with van der Waals surface area (Å²) in [4.78, 5) is 11.3. The van der Waals surface area contributed by atoms with Crippen LogP contribution in [0.2, 0.25) is 0 Å². The van der Waals surface area contributed by atoms with E-state index in [0.29, 0.717) is 22.2 Å². The fourth-order valence-electron chi connectivity index (χ4n) is 8.50. The average molecular weight is 435 g/mol. The highest BCUT2D eigenvalue weighted by Gasteiger charge is 2.60. The number of carbonyl (C=O) groups is 1. The van der Waals surface area contributed by atoms with Crippen molar-refractivity contribution in [3.8, 4) is 0 Å². The molecule has 0 spiro atoms. The Balaban J connectivity index is 0.000000884. The van der Waals surface area contributed by atoms with Crippen molar-refractivity contribution in [3.05, 3.63) is 0 Å². The van der Waals surface area contributed by atoms with Gasteiger partial charge in [0.15, 0.2) is 0 Å². The predicted molar refractivity (Wildman–Crippen MR) is 138 cm³/mol. The van der Waals surface area contributed by atoms with Crippen molar-refractivity contribution < 1.29 is 4.79 Å². The zero-order valence-electron chi connectivity index (χ0n) is 23.2. The largest absolute Gasteiger partial charge is 0.303 e. The van der Waals surface area contributed by atoms with Crippen LogP contribution in [-0.4, -0.2) is 6.29 Å². The topological polar surface area (TPSA) is 17.1 Å². The van der Waals surface area contributed by atoms with E-state index in [0.717, 1.165) is 30.1 Å². The molecule has 0 aromatic heterocycles. The highest BCUT2D eigenvalue weighted by Crippen LogP contribution is 2.68. The normalized spacial score (nSPS) is 39.2. The van der Waals surface area contributed by atoms with E-state index >= 15 is 0 Å². The Hall–Kier alpha value is -0.330. The average Bonchev–Trinajstić information content (AvgIpc) is 3.11. The lowest BCUT2D eigenvalue weighted by Crippen LogP contribution is -2.53. The molecule has 0 aliphatic heterocycles. The Labute approximate surface area is 196 Å². The van der Waals surface area contributed by atoms with Crippen molar-refractivity contribution in [1.82, 2.24) is 0 Å². The van der Waals surface area contributed by atoms with E-state index in [4.69, 9.17) is 0 Å². The van der Waals surface area contributed by atoms with Gasteiger partial charge in [0.1, 0.15) is 6.29 Å². The van der Waals surface area contributed by atoms with Gasteiger partial charge in [-0.05, 0) is 90.8 Å². The van der Waals surface area contributed by atoms with Crippen LogP contribution in [0.4, 0.5) is 0 Å².